The fourth-order valence-electron chi connectivity index (χ4n) is 3.35. The van der Waals surface area contributed by atoms with Gasteiger partial charge >= 0.3 is 6.18 Å². The molecule has 0 spiro atoms. The van der Waals surface area contributed by atoms with Crippen molar-refractivity contribution in [2.75, 3.05) is 25.8 Å². The molecule has 1 N–H and O–H groups in total. The van der Waals surface area contributed by atoms with Gasteiger partial charge in [0.1, 0.15) is 16.9 Å². The lowest BCUT2D eigenvalue weighted by Crippen LogP contribution is -2.18. The van der Waals surface area contributed by atoms with E-state index in [1.54, 1.807) is 23.1 Å². The fourth-order valence-corrected chi connectivity index (χ4v) is 4.61. The molecule has 1 aromatic carbocycles. The van der Waals surface area contributed by atoms with Gasteiger partial charge in [0.05, 0.1) is 20.8 Å². The molecule has 0 saturated heterocycles. The molecule has 0 radical (unpaired) electrons. The second kappa shape index (κ2) is 9.52. The van der Waals surface area contributed by atoms with E-state index in [0.717, 1.165) is 14.2 Å². The predicted octanol–water partition coefficient (Wildman–Crippen LogP) is 3.61. The number of nitrogens with zero attached hydrogens (tertiary/aromatic N) is 4. The Hall–Kier alpha value is -4.08. The topological polar surface area (TPSA) is 131 Å². The first-order valence-corrected chi connectivity index (χ1v) is 11.4. The SMILES string of the molecule is COc1cc(C(F)(F)F)nc(OC)c1S(=O)(=O)Nc1noc2cc(Cn3cccn3)cc(OCF)c12. The number of sulfonamides is 1. The van der Waals surface area contributed by atoms with Crippen molar-refractivity contribution in [3.63, 3.8) is 0 Å². The summed E-state index contributed by atoms with van der Waals surface area (Å²) in [5, 5.41) is 7.73. The number of fused-ring (bicyclic) bond motifs is 1. The van der Waals surface area contributed by atoms with E-state index >= 15 is 0 Å². The summed E-state index contributed by atoms with van der Waals surface area (Å²) in [6.07, 6.45) is -1.64. The summed E-state index contributed by atoms with van der Waals surface area (Å²) < 4.78 is 103. The third-order valence-electron chi connectivity index (χ3n) is 4.82. The Bertz CT molecular complexity index is 1460. The minimum atomic E-state index is -4.90. The fraction of sp³-hybridized carbons (Fsp3) is 0.250. The number of benzene rings is 1. The van der Waals surface area contributed by atoms with Gasteiger partial charge in [-0.2, -0.15) is 18.3 Å². The highest BCUT2D eigenvalue weighted by Crippen LogP contribution is 2.40. The standard InChI is InChI=1S/C20H17F4N5O6S/c1-32-14-8-15(20(22,23)24)26-19(33-2)17(14)36(30,31)28-18-16-12(34-10-21)6-11(7-13(16)35-27-18)9-29-5-3-4-25-29/h3-8H,9-10H2,1-2H3,(H,27,28). The zero-order valence-corrected chi connectivity index (χ0v) is 19.4. The quantitative estimate of drug-likeness (QED) is 0.322. The summed E-state index contributed by atoms with van der Waals surface area (Å²) in [7, 11) is -2.80. The molecular weight excluding hydrogens is 514 g/mol. The predicted molar refractivity (Wildman–Crippen MR) is 115 cm³/mol. The maximum Gasteiger partial charge on any atom is 0.433 e. The first-order chi connectivity index (χ1) is 17.1. The Morgan fingerprint density at radius 3 is 2.53 bits per heavy atom. The van der Waals surface area contributed by atoms with Gasteiger partial charge in [0.2, 0.25) is 12.7 Å². The number of rotatable bonds is 9. The highest BCUT2D eigenvalue weighted by molar-refractivity contribution is 7.93. The van der Waals surface area contributed by atoms with Crippen LogP contribution in [0.4, 0.5) is 23.4 Å². The molecular formula is C20H17F4N5O6S. The van der Waals surface area contributed by atoms with Crippen LogP contribution in [0.1, 0.15) is 11.3 Å². The minimum absolute atomic E-state index is 0.0294. The smallest absolute Gasteiger partial charge is 0.433 e. The Morgan fingerprint density at radius 2 is 1.92 bits per heavy atom. The summed E-state index contributed by atoms with van der Waals surface area (Å²) in [4.78, 5) is 2.43. The number of methoxy groups -OCH3 is 2. The molecule has 36 heavy (non-hydrogen) atoms. The molecule has 4 rings (SSSR count). The second-order valence-electron chi connectivity index (χ2n) is 7.11. The Kier molecular flexibility index (Phi) is 6.62. The lowest BCUT2D eigenvalue weighted by atomic mass is 10.1. The van der Waals surface area contributed by atoms with Crippen LogP contribution in [0.25, 0.3) is 11.0 Å². The lowest BCUT2D eigenvalue weighted by molar-refractivity contribution is -0.141. The van der Waals surface area contributed by atoms with E-state index in [2.05, 4.69) is 20.0 Å². The highest BCUT2D eigenvalue weighted by Gasteiger charge is 2.38. The van der Waals surface area contributed by atoms with Crippen molar-refractivity contribution in [1.82, 2.24) is 19.9 Å². The monoisotopic (exact) mass is 531 g/mol. The zero-order chi connectivity index (χ0) is 26.1. The van der Waals surface area contributed by atoms with Crippen molar-refractivity contribution in [2.45, 2.75) is 17.6 Å². The second-order valence-corrected chi connectivity index (χ2v) is 8.73. The number of pyridine rings is 1. The molecule has 0 amide bonds. The van der Waals surface area contributed by atoms with E-state index in [0.29, 0.717) is 11.6 Å². The number of hydrogen-bond donors (Lipinski definition) is 1. The van der Waals surface area contributed by atoms with Crippen molar-refractivity contribution >= 4 is 26.8 Å². The van der Waals surface area contributed by atoms with Gasteiger partial charge in [0.25, 0.3) is 10.0 Å². The van der Waals surface area contributed by atoms with Gasteiger partial charge in [-0.25, -0.2) is 17.8 Å². The molecule has 11 nitrogen and oxygen atoms in total. The van der Waals surface area contributed by atoms with Crippen molar-refractivity contribution < 1.29 is 44.7 Å². The van der Waals surface area contributed by atoms with Crippen LogP contribution in [0.5, 0.6) is 17.4 Å². The van der Waals surface area contributed by atoms with Crippen molar-refractivity contribution in [3.8, 4) is 17.4 Å². The third-order valence-corrected chi connectivity index (χ3v) is 6.20. The number of nitrogens with one attached hydrogen (secondary N) is 1. The molecule has 0 atom stereocenters. The molecule has 3 aromatic heterocycles. The van der Waals surface area contributed by atoms with Gasteiger partial charge in [0, 0.05) is 18.5 Å². The van der Waals surface area contributed by atoms with E-state index < -0.39 is 51.1 Å². The molecule has 0 bridgehead atoms. The van der Waals surface area contributed by atoms with E-state index in [-0.39, 0.29) is 23.3 Å². The summed E-state index contributed by atoms with van der Waals surface area (Å²) in [6.45, 7) is -0.985. The summed E-state index contributed by atoms with van der Waals surface area (Å²) in [5.74, 6) is -2.07. The maximum atomic E-state index is 13.2. The lowest BCUT2D eigenvalue weighted by Gasteiger charge is -2.16. The minimum Gasteiger partial charge on any atom is -0.495 e. The third kappa shape index (κ3) is 4.84. The van der Waals surface area contributed by atoms with Crippen molar-refractivity contribution in [1.29, 1.82) is 0 Å². The number of anilines is 1. The van der Waals surface area contributed by atoms with Crippen LogP contribution in [-0.4, -0.2) is 49.4 Å². The van der Waals surface area contributed by atoms with Gasteiger partial charge in [-0.15, -0.1) is 0 Å². The van der Waals surface area contributed by atoms with Gasteiger partial charge < -0.3 is 18.7 Å². The molecule has 0 fully saturated rings. The molecule has 0 aliphatic carbocycles. The van der Waals surface area contributed by atoms with Crippen LogP contribution >= 0.6 is 0 Å². The van der Waals surface area contributed by atoms with E-state index in [9.17, 15) is 26.0 Å². The van der Waals surface area contributed by atoms with Gasteiger partial charge in [0.15, 0.2) is 22.0 Å². The van der Waals surface area contributed by atoms with Crippen LogP contribution in [0.15, 0.2) is 46.1 Å². The number of hydrogen-bond acceptors (Lipinski definition) is 9. The van der Waals surface area contributed by atoms with Crippen LogP contribution < -0.4 is 18.9 Å². The van der Waals surface area contributed by atoms with Crippen LogP contribution in [0.3, 0.4) is 0 Å². The summed E-state index contributed by atoms with van der Waals surface area (Å²) in [5.41, 5.74) is -0.800. The first kappa shape index (κ1) is 25.0. The molecule has 4 aromatic rings. The largest absolute Gasteiger partial charge is 0.495 e. The Morgan fingerprint density at radius 1 is 1.14 bits per heavy atom. The number of ether oxygens (including phenoxy) is 3. The Labute approximate surface area is 200 Å². The molecule has 0 unspecified atom stereocenters. The van der Waals surface area contributed by atoms with Gasteiger partial charge in [-0.3, -0.25) is 9.40 Å². The number of halogens is 4. The normalized spacial score (nSPS) is 12.1. The van der Waals surface area contributed by atoms with Crippen LogP contribution in [0.2, 0.25) is 0 Å². The number of aromatic nitrogens is 4. The van der Waals surface area contributed by atoms with Crippen molar-refractivity contribution in [3.05, 3.63) is 47.9 Å². The molecule has 192 valence electrons. The van der Waals surface area contributed by atoms with E-state index in [1.807, 2.05) is 0 Å². The number of alkyl halides is 4. The molecule has 0 aliphatic heterocycles. The molecule has 0 saturated carbocycles. The summed E-state index contributed by atoms with van der Waals surface area (Å²) >= 11 is 0. The molecule has 3 heterocycles. The zero-order valence-electron chi connectivity index (χ0n) is 18.5. The molecule has 0 aliphatic rings. The summed E-state index contributed by atoms with van der Waals surface area (Å²) in [6, 6.07) is 5.09. The average molecular weight is 531 g/mol. The maximum absolute atomic E-state index is 13.2. The van der Waals surface area contributed by atoms with Crippen LogP contribution in [0, 0.1) is 0 Å². The van der Waals surface area contributed by atoms with Gasteiger partial charge in [-0.05, 0) is 23.8 Å². The average Bonchev–Trinajstić information content (AvgIpc) is 3.47. The first-order valence-electron chi connectivity index (χ1n) is 9.89. The van der Waals surface area contributed by atoms with E-state index in [1.165, 1.54) is 12.1 Å². The Balaban J connectivity index is 1.78. The van der Waals surface area contributed by atoms with E-state index in [4.69, 9.17) is 18.7 Å². The van der Waals surface area contributed by atoms with Crippen molar-refractivity contribution in [2.24, 2.45) is 0 Å². The highest BCUT2D eigenvalue weighted by atomic mass is 32.2. The van der Waals surface area contributed by atoms with Gasteiger partial charge in [-0.1, -0.05) is 5.16 Å². The van der Waals surface area contributed by atoms with Crippen LogP contribution in [-0.2, 0) is 22.7 Å². The molecule has 16 heteroatoms.